The molecule has 0 amide bonds. The van der Waals surface area contributed by atoms with Gasteiger partial charge < -0.3 is 4.74 Å². The predicted octanol–water partition coefficient (Wildman–Crippen LogP) is 2.76. The number of nitrogens with zero attached hydrogens (tertiary/aromatic N) is 2. The van der Waals surface area contributed by atoms with Gasteiger partial charge in [-0.1, -0.05) is 13.8 Å². The predicted molar refractivity (Wildman–Crippen MR) is 53.3 cm³/mol. The SMILES string of the molecule is COCC(n1cc(C(C)C)cn1)C(F)(F)F. The van der Waals surface area contributed by atoms with Crippen LogP contribution in [0.1, 0.15) is 31.4 Å². The van der Waals surface area contributed by atoms with Crippen molar-refractivity contribution in [3.05, 3.63) is 18.0 Å². The lowest BCUT2D eigenvalue weighted by Crippen LogP contribution is -2.30. The quantitative estimate of drug-likeness (QED) is 0.803. The summed E-state index contributed by atoms with van der Waals surface area (Å²) >= 11 is 0. The molecule has 0 saturated heterocycles. The van der Waals surface area contributed by atoms with Gasteiger partial charge in [0.15, 0.2) is 6.04 Å². The van der Waals surface area contributed by atoms with Crippen molar-refractivity contribution in [3.63, 3.8) is 0 Å². The van der Waals surface area contributed by atoms with Crippen molar-refractivity contribution in [1.82, 2.24) is 9.78 Å². The van der Waals surface area contributed by atoms with Crippen molar-refractivity contribution in [2.45, 2.75) is 32.0 Å². The van der Waals surface area contributed by atoms with E-state index in [1.54, 1.807) is 0 Å². The summed E-state index contributed by atoms with van der Waals surface area (Å²) in [7, 11) is 1.24. The standard InChI is InChI=1S/C10H15F3N2O/c1-7(2)8-4-14-15(5-8)9(6-16-3)10(11,12)13/h4-5,7,9H,6H2,1-3H3. The van der Waals surface area contributed by atoms with Crippen LogP contribution in [0.2, 0.25) is 0 Å². The fourth-order valence-electron chi connectivity index (χ4n) is 1.30. The van der Waals surface area contributed by atoms with Crippen molar-refractivity contribution in [1.29, 1.82) is 0 Å². The Kier molecular flexibility index (Phi) is 3.96. The van der Waals surface area contributed by atoms with Crippen LogP contribution in [0.3, 0.4) is 0 Å². The molecular formula is C10H15F3N2O. The summed E-state index contributed by atoms with van der Waals surface area (Å²) < 4.78 is 43.5. The van der Waals surface area contributed by atoms with Crippen LogP contribution < -0.4 is 0 Å². The Labute approximate surface area is 92.2 Å². The minimum atomic E-state index is -4.35. The summed E-state index contributed by atoms with van der Waals surface area (Å²) in [5, 5.41) is 3.74. The molecule has 0 aliphatic heterocycles. The van der Waals surface area contributed by atoms with E-state index >= 15 is 0 Å². The van der Waals surface area contributed by atoms with Gasteiger partial charge in [-0.15, -0.1) is 0 Å². The lowest BCUT2D eigenvalue weighted by atomic mass is 10.1. The summed E-state index contributed by atoms with van der Waals surface area (Å²) in [6, 6.07) is -1.72. The first-order valence-corrected chi connectivity index (χ1v) is 4.96. The van der Waals surface area contributed by atoms with Gasteiger partial charge in [0, 0.05) is 13.3 Å². The van der Waals surface area contributed by atoms with Gasteiger partial charge in [-0.3, -0.25) is 4.68 Å². The Morgan fingerprint density at radius 2 is 2.06 bits per heavy atom. The lowest BCUT2D eigenvalue weighted by molar-refractivity contribution is -0.181. The normalized spacial score (nSPS) is 14.4. The molecule has 1 aromatic rings. The number of hydrogen-bond donors (Lipinski definition) is 0. The van der Waals surface area contributed by atoms with Gasteiger partial charge in [-0.25, -0.2) is 0 Å². The molecule has 0 radical (unpaired) electrons. The Morgan fingerprint density at radius 3 is 2.44 bits per heavy atom. The van der Waals surface area contributed by atoms with E-state index in [1.165, 1.54) is 19.5 Å². The molecule has 0 aliphatic rings. The summed E-state index contributed by atoms with van der Waals surface area (Å²) in [5.74, 6) is 0.158. The lowest BCUT2D eigenvalue weighted by Gasteiger charge is -2.19. The van der Waals surface area contributed by atoms with Crippen LogP contribution in [-0.2, 0) is 4.74 Å². The molecule has 92 valence electrons. The van der Waals surface area contributed by atoms with E-state index in [2.05, 4.69) is 9.84 Å². The Hall–Kier alpha value is -1.04. The van der Waals surface area contributed by atoms with Gasteiger partial charge in [-0.2, -0.15) is 18.3 Å². The monoisotopic (exact) mass is 236 g/mol. The Morgan fingerprint density at radius 1 is 1.44 bits per heavy atom. The molecular weight excluding hydrogens is 221 g/mol. The van der Waals surface area contributed by atoms with E-state index in [1.807, 2.05) is 13.8 Å². The van der Waals surface area contributed by atoms with Crippen LogP contribution in [0, 0.1) is 0 Å². The third-order valence-electron chi connectivity index (χ3n) is 2.31. The van der Waals surface area contributed by atoms with Gasteiger partial charge in [-0.05, 0) is 11.5 Å². The summed E-state index contributed by atoms with van der Waals surface area (Å²) in [4.78, 5) is 0. The molecule has 0 aromatic carbocycles. The van der Waals surface area contributed by atoms with E-state index in [0.717, 1.165) is 10.2 Å². The molecule has 1 atom stereocenters. The smallest absolute Gasteiger partial charge is 0.382 e. The van der Waals surface area contributed by atoms with Crippen LogP contribution in [0.15, 0.2) is 12.4 Å². The minimum Gasteiger partial charge on any atom is -0.382 e. The second-order valence-electron chi connectivity index (χ2n) is 3.92. The van der Waals surface area contributed by atoms with Gasteiger partial charge in [0.05, 0.1) is 12.8 Å². The maximum atomic E-state index is 12.7. The van der Waals surface area contributed by atoms with Gasteiger partial charge in [0.25, 0.3) is 0 Å². The Bertz CT molecular complexity index is 333. The molecule has 0 spiro atoms. The molecule has 1 unspecified atom stereocenters. The molecule has 0 aliphatic carbocycles. The molecule has 1 heterocycles. The average Bonchev–Trinajstić information content (AvgIpc) is 2.60. The highest BCUT2D eigenvalue weighted by Crippen LogP contribution is 2.30. The first kappa shape index (κ1) is 13.0. The third-order valence-corrected chi connectivity index (χ3v) is 2.31. The molecule has 0 fully saturated rings. The van der Waals surface area contributed by atoms with Crippen molar-refractivity contribution in [3.8, 4) is 0 Å². The van der Waals surface area contributed by atoms with E-state index in [-0.39, 0.29) is 5.92 Å². The van der Waals surface area contributed by atoms with Crippen molar-refractivity contribution >= 4 is 0 Å². The van der Waals surface area contributed by atoms with Crippen molar-refractivity contribution in [2.24, 2.45) is 0 Å². The number of ether oxygens (including phenoxy) is 1. The zero-order valence-corrected chi connectivity index (χ0v) is 9.45. The molecule has 3 nitrogen and oxygen atoms in total. The fraction of sp³-hybridized carbons (Fsp3) is 0.700. The van der Waals surface area contributed by atoms with Crippen molar-refractivity contribution in [2.75, 3.05) is 13.7 Å². The highest BCUT2D eigenvalue weighted by Gasteiger charge is 2.41. The maximum Gasteiger partial charge on any atom is 0.413 e. The van der Waals surface area contributed by atoms with E-state index in [4.69, 9.17) is 0 Å². The maximum absolute atomic E-state index is 12.7. The van der Waals surface area contributed by atoms with E-state index in [9.17, 15) is 13.2 Å². The number of halogens is 3. The number of methoxy groups -OCH3 is 1. The Balaban J connectivity index is 2.93. The topological polar surface area (TPSA) is 27.1 Å². The van der Waals surface area contributed by atoms with Crippen LogP contribution in [0.5, 0.6) is 0 Å². The van der Waals surface area contributed by atoms with Gasteiger partial charge in [0.2, 0.25) is 0 Å². The molecule has 1 aromatic heterocycles. The zero-order chi connectivity index (χ0) is 12.3. The largest absolute Gasteiger partial charge is 0.413 e. The molecule has 1 rings (SSSR count). The van der Waals surface area contributed by atoms with Gasteiger partial charge in [0.1, 0.15) is 0 Å². The average molecular weight is 236 g/mol. The molecule has 0 saturated carbocycles. The van der Waals surface area contributed by atoms with Crippen LogP contribution in [0.25, 0.3) is 0 Å². The number of alkyl halides is 3. The number of hydrogen-bond acceptors (Lipinski definition) is 2. The van der Waals surface area contributed by atoms with Crippen LogP contribution in [0.4, 0.5) is 13.2 Å². The molecule has 0 N–H and O–H groups in total. The van der Waals surface area contributed by atoms with Crippen LogP contribution in [-0.4, -0.2) is 29.7 Å². The van der Waals surface area contributed by atoms with Gasteiger partial charge >= 0.3 is 6.18 Å². The van der Waals surface area contributed by atoms with Crippen molar-refractivity contribution < 1.29 is 17.9 Å². The first-order valence-electron chi connectivity index (χ1n) is 4.96. The summed E-state index contributed by atoms with van der Waals surface area (Å²) in [5.41, 5.74) is 0.783. The summed E-state index contributed by atoms with van der Waals surface area (Å²) in [6.07, 6.45) is -1.48. The molecule has 0 bridgehead atoms. The molecule has 16 heavy (non-hydrogen) atoms. The first-order chi connectivity index (χ1) is 7.36. The number of aromatic nitrogens is 2. The highest BCUT2D eigenvalue weighted by molar-refractivity contribution is 5.09. The second kappa shape index (κ2) is 4.86. The zero-order valence-electron chi connectivity index (χ0n) is 9.45. The minimum absolute atomic E-state index is 0.158. The second-order valence-corrected chi connectivity index (χ2v) is 3.92. The van der Waals surface area contributed by atoms with Crippen LogP contribution >= 0.6 is 0 Å². The highest BCUT2D eigenvalue weighted by atomic mass is 19.4. The number of rotatable bonds is 4. The summed E-state index contributed by atoms with van der Waals surface area (Å²) in [6.45, 7) is 3.38. The third kappa shape index (κ3) is 2.98. The van der Waals surface area contributed by atoms with E-state index < -0.39 is 18.8 Å². The molecule has 6 heteroatoms. The van der Waals surface area contributed by atoms with E-state index in [0.29, 0.717) is 0 Å². The fourth-order valence-corrected chi connectivity index (χ4v) is 1.30.